The normalized spacial score (nSPS) is 15.7. The SMILES string of the molecule is CCNC(=NCC(C)(C)C(=O)NC)NC(C)c1ccc(OCC2CC2)c(F)c1. The van der Waals surface area contributed by atoms with E-state index in [1.165, 1.54) is 18.9 Å². The first-order chi connectivity index (χ1) is 13.3. The van der Waals surface area contributed by atoms with E-state index < -0.39 is 5.41 Å². The second-order valence-electron chi connectivity index (χ2n) is 7.97. The van der Waals surface area contributed by atoms with Crippen molar-refractivity contribution >= 4 is 11.9 Å². The van der Waals surface area contributed by atoms with Crippen LogP contribution in [-0.2, 0) is 4.79 Å². The highest BCUT2D eigenvalue weighted by Crippen LogP contribution is 2.30. The highest BCUT2D eigenvalue weighted by molar-refractivity contribution is 5.83. The Morgan fingerprint density at radius 1 is 1.39 bits per heavy atom. The predicted octanol–water partition coefficient (Wildman–Crippen LogP) is 3.00. The number of ether oxygens (including phenoxy) is 1. The third-order valence-corrected chi connectivity index (χ3v) is 4.80. The number of halogens is 1. The molecule has 7 heteroatoms. The summed E-state index contributed by atoms with van der Waals surface area (Å²) in [6.07, 6.45) is 2.34. The van der Waals surface area contributed by atoms with Gasteiger partial charge in [0.25, 0.3) is 0 Å². The van der Waals surface area contributed by atoms with Gasteiger partial charge in [-0.05, 0) is 64.2 Å². The molecule has 2 rings (SSSR count). The van der Waals surface area contributed by atoms with Gasteiger partial charge in [0.2, 0.25) is 5.91 Å². The molecule has 3 N–H and O–H groups in total. The Morgan fingerprint density at radius 3 is 2.68 bits per heavy atom. The number of amides is 1. The number of aliphatic imine (C=N–C) groups is 1. The lowest BCUT2D eigenvalue weighted by atomic mass is 9.93. The van der Waals surface area contributed by atoms with Gasteiger partial charge in [0.15, 0.2) is 17.5 Å². The van der Waals surface area contributed by atoms with Gasteiger partial charge in [0.05, 0.1) is 24.6 Å². The molecule has 0 bridgehead atoms. The molecular weight excluding hydrogens is 359 g/mol. The number of guanidine groups is 1. The Morgan fingerprint density at radius 2 is 2.11 bits per heavy atom. The first-order valence-corrected chi connectivity index (χ1v) is 9.96. The Hall–Kier alpha value is -2.31. The van der Waals surface area contributed by atoms with E-state index in [9.17, 15) is 9.18 Å². The largest absolute Gasteiger partial charge is 0.490 e. The number of carbonyl (C=O) groups excluding carboxylic acids is 1. The monoisotopic (exact) mass is 392 g/mol. The van der Waals surface area contributed by atoms with Gasteiger partial charge < -0.3 is 20.7 Å². The zero-order chi connectivity index (χ0) is 20.7. The molecule has 0 radical (unpaired) electrons. The third kappa shape index (κ3) is 6.39. The fraction of sp³-hybridized carbons (Fsp3) is 0.619. The van der Waals surface area contributed by atoms with Crippen molar-refractivity contribution in [3.63, 3.8) is 0 Å². The number of carbonyl (C=O) groups is 1. The molecule has 0 aliphatic heterocycles. The van der Waals surface area contributed by atoms with E-state index in [0.29, 0.717) is 37.3 Å². The van der Waals surface area contributed by atoms with E-state index in [-0.39, 0.29) is 17.8 Å². The van der Waals surface area contributed by atoms with Crippen LogP contribution in [0.2, 0.25) is 0 Å². The third-order valence-electron chi connectivity index (χ3n) is 4.80. The zero-order valence-corrected chi connectivity index (χ0v) is 17.6. The van der Waals surface area contributed by atoms with Gasteiger partial charge in [0, 0.05) is 13.6 Å². The van der Waals surface area contributed by atoms with Crippen LogP contribution >= 0.6 is 0 Å². The molecule has 156 valence electrons. The minimum atomic E-state index is -0.618. The van der Waals surface area contributed by atoms with Gasteiger partial charge in [-0.15, -0.1) is 0 Å². The van der Waals surface area contributed by atoms with Crippen LogP contribution in [0, 0.1) is 17.2 Å². The van der Waals surface area contributed by atoms with Crippen molar-refractivity contribution in [2.45, 2.75) is 46.6 Å². The zero-order valence-electron chi connectivity index (χ0n) is 17.6. The molecule has 1 aromatic rings. The lowest BCUT2D eigenvalue weighted by Crippen LogP contribution is -2.41. The summed E-state index contributed by atoms with van der Waals surface area (Å²) >= 11 is 0. The van der Waals surface area contributed by atoms with E-state index in [1.54, 1.807) is 13.1 Å². The van der Waals surface area contributed by atoms with Crippen LogP contribution in [0.15, 0.2) is 23.2 Å². The summed E-state index contributed by atoms with van der Waals surface area (Å²) in [6.45, 7) is 9.20. The first-order valence-electron chi connectivity index (χ1n) is 9.96. The van der Waals surface area contributed by atoms with Crippen LogP contribution in [0.3, 0.4) is 0 Å². The maximum absolute atomic E-state index is 14.4. The minimum Gasteiger partial charge on any atom is -0.490 e. The molecule has 1 saturated carbocycles. The molecule has 28 heavy (non-hydrogen) atoms. The van der Waals surface area contributed by atoms with Crippen molar-refractivity contribution in [3.05, 3.63) is 29.6 Å². The predicted molar refractivity (Wildman–Crippen MR) is 110 cm³/mol. The number of nitrogens with zero attached hydrogens (tertiary/aromatic N) is 1. The van der Waals surface area contributed by atoms with Gasteiger partial charge in [0.1, 0.15) is 0 Å². The van der Waals surface area contributed by atoms with Gasteiger partial charge >= 0.3 is 0 Å². The van der Waals surface area contributed by atoms with Gasteiger partial charge in [-0.1, -0.05) is 6.07 Å². The molecular formula is C21H33FN4O2. The highest BCUT2D eigenvalue weighted by Gasteiger charge is 2.26. The Kier molecular flexibility index (Phi) is 7.66. The van der Waals surface area contributed by atoms with Gasteiger partial charge in [-0.3, -0.25) is 9.79 Å². The average molecular weight is 393 g/mol. The first kappa shape index (κ1) is 22.0. The summed E-state index contributed by atoms with van der Waals surface area (Å²) in [5, 5.41) is 9.10. The van der Waals surface area contributed by atoms with Crippen LogP contribution in [0.1, 0.15) is 52.1 Å². The summed E-state index contributed by atoms with van der Waals surface area (Å²) in [4.78, 5) is 16.5. The summed E-state index contributed by atoms with van der Waals surface area (Å²) in [5.74, 6) is 1.05. The number of rotatable bonds is 9. The van der Waals surface area contributed by atoms with Gasteiger partial charge in [-0.2, -0.15) is 0 Å². The molecule has 1 aliphatic carbocycles. The smallest absolute Gasteiger partial charge is 0.227 e. The summed E-state index contributed by atoms with van der Waals surface area (Å²) in [7, 11) is 1.62. The maximum atomic E-state index is 14.4. The topological polar surface area (TPSA) is 74.8 Å². The Bertz CT molecular complexity index is 702. The number of benzene rings is 1. The summed E-state index contributed by atoms with van der Waals surface area (Å²) in [6, 6.07) is 4.89. The summed E-state index contributed by atoms with van der Waals surface area (Å²) < 4.78 is 19.9. The van der Waals surface area contributed by atoms with Crippen molar-refractivity contribution in [3.8, 4) is 5.75 Å². The Balaban J connectivity index is 2.02. The van der Waals surface area contributed by atoms with Gasteiger partial charge in [-0.25, -0.2) is 4.39 Å². The van der Waals surface area contributed by atoms with E-state index in [0.717, 1.165) is 5.56 Å². The molecule has 1 unspecified atom stereocenters. The van der Waals surface area contributed by atoms with Crippen molar-refractivity contribution < 1.29 is 13.9 Å². The standard InChI is InChI=1S/C21H33FN4O2/c1-6-24-20(25-13-21(3,4)19(27)23-5)26-14(2)16-9-10-18(17(22)11-16)28-12-15-7-8-15/h9-11,14-15H,6-8,12-13H2,1-5H3,(H,23,27)(H2,24,25,26). The minimum absolute atomic E-state index is 0.0657. The van der Waals surface area contributed by atoms with Crippen molar-refractivity contribution in [2.75, 3.05) is 26.7 Å². The second kappa shape index (κ2) is 9.75. The lowest BCUT2D eigenvalue weighted by Gasteiger charge is -2.23. The summed E-state index contributed by atoms with van der Waals surface area (Å²) in [5.41, 5.74) is 0.180. The molecule has 1 aromatic carbocycles. The van der Waals surface area contributed by atoms with Crippen LogP contribution in [0.4, 0.5) is 4.39 Å². The van der Waals surface area contributed by atoms with Crippen molar-refractivity contribution in [1.82, 2.24) is 16.0 Å². The maximum Gasteiger partial charge on any atom is 0.227 e. The average Bonchev–Trinajstić information content (AvgIpc) is 3.49. The van der Waals surface area contributed by atoms with E-state index in [4.69, 9.17) is 4.74 Å². The molecule has 0 heterocycles. The molecule has 1 atom stereocenters. The fourth-order valence-electron chi connectivity index (χ4n) is 2.69. The molecule has 0 spiro atoms. The quantitative estimate of drug-likeness (QED) is 0.446. The van der Waals surface area contributed by atoms with Crippen molar-refractivity contribution in [1.29, 1.82) is 0 Å². The number of hydrogen-bond donors (Lipinski definition) is 3. The molecule has 1 aliphatic rings. The van der Waals surface area contributed by atoms with Crippen LogP contribution in [0.5, 0.6) is 5.75 Å². The lowest BCUT2D eigenvalue weighted by molar-refractivity contribution is -0.128. The second-order valence-corrected chi connectivity index (χ2v) is 7.97. The molecule has 0 aromatic heterocycles. The van der Waals surface area contributed by atoms with Crippen molar-refractivity contribution in [2.24, 2.45) is 16.3 Å². The van der Waals surface area contributed by atoms with Crippen LogP contribution in [0.25, 0.3) is 0 Å². The highest BCUT2D eigenvalue weighted by atomic mass is 19.1. The van der Waals surface area contributed by atoms with E-state index in [1.807, 2.05) is 33.8 Å². The van der Waals surface area contributed by atoms with E-state index in [2.05, 4.69) is 20.9 Å². The fourth-order valence-corrected chi connectivity index (χ4v) is 2.69. The molecule has 6 nitrogen and oxygen atoms in total. The van der Waals surface area contributed by atoms with E-state index >= 15 is 0 Å². The number of hydrogen-bond acceptors (Lipinski definition) is 3. The van der Waals surface area contributed by atoms with Crippen LogP contribution < -0.4 is 20.7 Å². The Labute approximate surface area is 167 Å². The number of nitrogens with one attached hydrogen (secondary N) is 3. The molecule has 1 amide bonds. The molecule has 0 saturated heterocycles. The van der Waals surface area contributed by atoms with Crippen LogP contribution in [-0.4, -0.2) is 38.6 Å². The molecule has 1 fully saturated rings.